The summed E-state index contributed by atoms with van der Waals surface area (Å²) in [5.41, 5.74) is 5.34. The number of benzene rings is 5. The summed E-state index contributed by atoms with van der Waals surface area (Å²) >= 11 is 0. The smallest absolute Gasteiger partial charge is 0.161 e. The number of para-hydroxylation sites is 6. The highest BCUT2D eigenvalue weighted by molar-refractivity contribution is 6.08. The van der Waals surface area contributed by atoms with Crippen molar-refractivity contribution in [3.63, 3.8) is 0 Å². The van der Waals surface area contributed by atoms with Crippen molar-refractivity contribution < 1.29 is 9.47 Å². The molecule has 0 fully saturated rings. The summed E-state index contributed by atoms with van der Waals surface area (Å²) in [4.78, 5) is 0. The fourth-order valence-electron chi connectivity index (χ4n) is 6.99. The van der Waals surface area contributed by atoms with Gasteiger partial charge in [0.2, 0.25) is 0 Å². The van der Waals surface area contributed by atoms with Gasteiger partial charge in [0.05, 0.1) is 13.2 Å². The molecule has 2 heterocycles. The number of fused-ring (bicyclic) bond motifs is 6. The Morgan fingerprint density at radius 3 is 1.00 bits per heavy atom. The van der Waals surface area contributed by atoms with E-state index in [9.17, 15) is 0 Å². The molecule has 0 bridgehead atoms. The van der Waals surface area contributed by atoms with Crippen LogP contribution in [0.5, 0.6) is 11.5 Å². The van der Waals surface area contributed by atoms with Crippen molar-refractivity contribution in [2.45, 2.75) is 64.5 Å². The van der Waals surface area contributed by atoms with Gasteiger partial charge < -0.3 is 18.6 Å². The predicted molar refractivity (Wildman–Crippen MR) is 193 cm³/mol. The molecule has 4 nitrogen and oxygen atoms in total. The summed E-state index contributed by atoms with van der Waals surface area (Å²) in [5.74, 6) is 1.72. The maximum absolute atomic E-state index is 6.18. The van der Waals surface area contributed by atoms with E-state index < -0.39 is 0 Å². The Hall–Kier alpha value is -4.70. The van der Waals surface area contributed by atoms with E-state index in [0.717, 1.165) is 63.5 Å². The van der Waals surface area contributed by atoms with Crippen LogP contribution in [-0.4, -0.2) is 22.3 Å². The maximum Gasteiger partial charge on any atom is 0.161 e. The normalized spacial score (nSPS) is 11.7. The third-order valence-corrected chi connectivity index (χ3v) is 9.28. The van der Waals surface area contributed by atoms with Gasteiger partial charge in [-0.25, -0.2) is 0 Å². The van der Waals surface area contributed by atoms with Gasteiger partial charge in [-0.2, -0.15) is 0 Å². The molecule has 0 saturated heterocycles. The number of hydrogen-bond acceptors (Lipinski definition) is 2. The van der Waals surface area contributed by atoms with Gasteiger partial charge in [0.1, 0.15) is 0 Å². The van der Waals surface area contributed by atoms with E-state index in [4.69, 9.17) is 9.47 Å². The lowest BCUT2D eigenvalue weighted by Gasteiger charge is -2.13. The van der Waals surface area contributed by atoms with Gasteiger partial charge in [-0.15, -0.1) is 0 Å². The fourth-order valence-corrected chi connectivity index (χ4v) is 6.99. The number of nitrogens with zero attached hydrogens (tertiary/aromatic N) is 2. The molecule has 0 aliphatic heterocycles. The second-order valence-corrected chi connectivity index (χ2v) is 12.3. The zero-order valence-corrected chi connectivity index (χ0v) is 26.7. The Kier molecular flexibility index (Phi) is 9.51. The zero-order chi connectivity index (χ0) is 31.0. The molecule has 0 amide bonds. The minimum Gasteiger partial charge on any atom is -0.490 e. The first-order valence-corrected chi connectivity index (χ1v) is 17.1. The van der Waals surface area contributed by atoms with Gasteiger partial charge in [0, 0.05) is 56.7 Å². The number of aryl methyl sites for hydroxylation is 2. The molecule has 0 aliphatic carbocycles. The molecule has 5 aromatic carbocycles. The van der Waals surface area contributed by atoms with E-state index in [0.29, 0.717) is 0 Å². The number of rotatable bonds is 16. The van der Waals surface area contributed by atoms with Crippen molar-refractivity contribution in [1.82, 2.24) is 9.13 Å². The minimum absolute atomic E-state index is 0.721. The first-order chi connectivity index (χ1) is 22.9. The molecular formula is C42H44N2O2. The van der Waals surface area contributed by atoms with E-state index in [1.54, 1.807) is 0 Å². The van der Waals surface area contributed by atoms with Gasteiger partial charge >= 0.3 is 0 Å². The van der Waals surface area contributed by atoms with E-state index in [-0.39, 0.29) is 0 Å². The van der Waals surface area contributed by atoms with E-state index in [1.165, 1.54) is 69.3 Å². The van der Waals surface area contributed by atoms with Crippen LogP contribution in [0.15, 0.2) is 121 Å². The monoisotopic (exact) mass is 608 g/mol. The Balaban J connectivity index is 0.808. The quantitative estimate of drug-likeness (QED) is 0.102. The van der Waals surface area contributed by atoms with E-state index in [2.05, 4.69) is 106 Å². The molecule has 234 valence electrons. The third-order valence-electron chi connectivity index (χ3n) is 9.28. The van der Waals surface area contributed by atoms with Crippen LogP contribution in [0.1, 0.15) is 51.4 Å². The molecule has 7 rings (SSSR count). The van der Waals surface area contributed by atoms with Crippen LogP contribution in [0.25, 0.3) is 43.6 Å². The third kappa shape index (κ3) is 6.48. The van der Waals surface area contributed by atoms with Crippen molar-refractivity contribution in [2.24, 2.45) is 0 Å². The Morgan fingerprint density at radius 2 is 0.630 bits per heavy atom. The van der Waals surface area contributed by atoms with Gasteiger partial charge in [-0.1, -0.05) is 111 Å². The largest absolute Gasteiger partial charge is 0.490 e. The second kappa shape index (κ2) is 14.6. The summed E-state index contributed by atoms with van der Waals surface area (Å²) < 4.78 is 17.3. The SMILES string of the molecule is c1ccc(OCCCCCCn2c3ccccc3c3ccccc32)c(OCCCCCCn2c3ccccc3c3ccccc32)c1. The van der Waals surface area contributed by atoms with Crippen LogP contribution in [0.3, 0.4) is 0 Å². The Labute approximate surface area is 272 Å². The molecule has 2 aromatic heterocycles. The van der Waals surface area contributed by atoms with Crippen molar-refractivity contribution in [1.29, 1.82) is 0 Å². The Morgan fingerprint density at radius 1 is 0.326 bits per heavy atom. The predicted octanol–water partition coefficient (Wildman–Crippen LogP) is 11.2. The van der Waals surface area contributed by atoms with Crippen molar-refractivity contribution in [3.8, 4) is 11.5 Å². The Bertz CT molecular complexity index is 1780. The summed E-state index contributed by atoms with van der Waals surface area (Å²) in [6.45, 7) is 3.54. The molecule has 0 aliphatic rings. The van der Waals surface area contributed by atoms with Gasteiger partial charge in [-0.05, 0) is 62.1 Å². The lowest BCUT2D eigenvalue weighted by atomic mass is 10.2. The van der Waals surface area contributed by atoms with E-state index >= 15 is 0 Å². The molecule has 4 heteroatoms. The molecule has 0 unspecified atom stereocenters. The highest BCUT2D eigenvalue weighted by Gasteiger charge is 2.11. The number of aromatic nitrogens is 2. The van der Waals surface area contributed by atoms with Crippen LogP contribution in [-0.2, 0) is 13.1 Å². The summed E-state index contributed by atoms with van der Waals surface area (Å²) in [7, 11) is 0. The van der Waals surface area contributed by atoms with Crippen LogP contribution < -0.4 is 9.47 Å². The fraction of sp³-hybridized carbons (Fsp3) is 0.286. The molecule has 0 radical (unpaired) electrons. The van der Waals surface area contributed by atoms with Crippen LogP contribution >= 0.6 is 0 Å². The molecule has 46 heavy (non-hydrogen) atoms. The number of ether oxygens (including phenoxy) is 2. The molecule has 0 spiro atoms. The highest BCUT2D eigenvalue weighted by atomic mass is 16.5. The first kappa shape index (κ1) is 30.0. The molecule has 0 atom stereocenters. The van der Waals surface area contributed by atoms with Crippen LogP contribution in [0.2, 0.25) is 0 Å². The minimum atomic E-state index is 0.721. The molecule has 0 saturated carbocycles. The van der Waals surface area contributed by atoms with Gasteiger partial charge in [-0.3, -0.25) is 0 Å². The molecule has 0 N–H and O–H groups in total. The van der Waals surface area contributed by atoms with Crippen LogP contribution in [0, 0.1) is 0 Å². The summed E-state index contributed by atoms with van der Waals surface area (Å²) in [5, 5.41) is 5.40. The lowest BCUT2D eigenvalue weighted by molar-refractivity contribution is 0.258. The zero-order valence-electron chi connectivity index (χ0n) is 26.7. The van der Waals surface area contributed by atoms with E-state index in [1.807, 2.05) is 24.3 Å². The van der Waals surface area contributed by atoms with Gasteiger partial charge in [0.25, 0.3) is 0 Å². The number of unbranched alkanes of at least 4 members (excludes halogenated alkanes) is 6. The topological polar surface area (TPSA) is 28.3 Å². The molecule has 7 aromatic rings. The number of hydrogen-bond donors (Lipinski definition) is 0. The van der Waals surface area contributed by atoms with Crippen LogP contribution in [0.4, 0.5) is 0 Å². The maximum atomic E-state index is 6.18. The van der Waals surface area contributed by atoms with Crippen molar-refractivity contribution in [3.05, 3.63) is 121 Å². The first-order valence-electron chi connectivity index (χ1n) is 17.1. The molecular weight excluding hydrogens is 564 g/mol. The highest BCUT2D eigenvalue weighted by Crippen LogP contribution is 2.31. The van der Waals surface area contributed by atoms with Gasteiger partial charge in [0.15, 0.2) is 11.5 Å². The average molecular weight is 609 g/mol. The standard InChI is InChI=1S/C42H44N2O2/c1(15-29-43-37-23-9-5-19-33(37)34-20-6-10-24-38(34)43)3-17-31-45-41-27-13-14-28-42(41)46-32-18-4-2-16-30-44-39-25-11-7-21-35(39)36-22-8-12-26-40(36)44/h5-14,19-28H,1-4,15-18,29-32H2. The second-order valence-electron chi connectivity index (χ2n) is 12.3. The summed E-state index contributed by atoms with van der Waals surface area (Å²) in [6, 6.07) is 43.2. The van der Waals surface area contributed by atoms with Crippen molar-refractivity contribution >= 4 is 43.6 Å². The lowest BCUT2D eigenvalue weighted by Crippen LogP contribution is -2.03. The van der Waals surface area contributed by atoms with Crippen molar-refractivity contribution in [2.75, 3.05) is 13.2 Å². The average Bonchev–Trinajstić information content (AvgIpc) is 3.60. The summed E-state index contributed by atoms with van der Waals surface area (Å²) in [6.07, 6.45) is 9.14.